The largest absolute Gasteiger partial charge is 0.352 e. The van der Waals surface area contributed by atoms with E-state index in [1.165, 1.54) is 0 Å². The zero-order valence-electron chi connectivity index (χ0n) is 14.3. The second-order valence-electron chi connectivity index (χ2n) is 5.85. The minimum atomic E-state index is -0.271. The number of amides is 1. The van der Waals surface area contributed by atoms with Crippen molar-refractivity contribution in [3.8, 4) is 0 Å². The van der Waals surface area contributed by atoms with Crippen molar-refractivity contribution in [2.45, 2.75) is 39.8 Å². The van der Waals surface area contributed by atoms with Crippen LogP contribution in [0.2, 0.25) is 0 Å². The van der Waals surface area contributed by atoms with Gasteiger partial charge in [-0.05, 0) is 39.8 Å². The number of anilines is 3. The number of aromatic nitrogens is 3. The molecule has 0 aliphatic carbocycles. The molecule has 128 valence electrons. The molecule has 0 saturated heterocycles. The Hall–Kier alpha value is -2.90. The Labute approximate surface area is 141 Å². The number of benzene rings is 1. The first kappa shape index (κ1) is 17.5. The van der Waals surface area contributed by atoms with Gasteiger partial charge in [0.1, 0.15) is 0 Å². The lowest BCUT2D eigenvalue weighted by Crippen LogP contribution is -2.31. The number of carbonyl (C=O) groups excluding carboxylic acids is 1. The van der Waals surface area contributed by atoms with Crippen molar-refractivity contribution in [3.05, 3.63) is 35.9 Å². The highest BCUT2D eigenvalue weighted by Gasteiger charge is 2.10. The monoisotopic (exact) mass is 329 g/mol. The van der Waals surface area contributed by atoms with Crippen molar-refractivity contribution in [2.75, 3.05) is 16.1 Å². The molecule has 1 aromatic heterocycles. The molecule has 2 rings (SSSR count). The van der Waals surface area contributed by atoms with Gasteiger partial charge in [0, 0.05) is 17.6 Å². The van der Waals surface area contributed by atoms with Crippen LogP contribution in [-0.2, 0) is 0 Å². The standard InChI is InChI=1S/C16H23N7O/c1-10(2)17-14-19-15(18-11(3)4)21-16(20-14)23-22-13(24)12-8-6-5-7-9-12/h5-11H,1-4H3,(H,22,24)(H3,17,18,19,20,21,23). The smallest absolute Gasteiger partial charge is 0.269 e. The lowest BCUT2D eigenvalue weighted by molar-refractivity contribution is 0.0962. The Kier molecular flexibility index (Phi) is 5.89. The maximum Gasteiger partial charge on any atom is 0.269 e. The van der Waals surface area contributed by atoms with Crippen LogP contribution in [0.25, 0.3) is 0 Å². The van der Waals surface area contributed by atoms with Crippen molar-refractivity contribution < 1.29 is 4.79 Å². The number of carbonyl (C=O) groups is 1. The fraction of sp³-hybridized carbons (Fsp3) is 0.375. The minimum absolute atomic E-state index is 0.172. The summed E-state index contributed by atoms with van der Waals surface area (Å²) in [5.41, 5.74) is 5.85. The second-order valence-corrected chi connectivity index (χ2v) is 5.85. The van der Waals surface area contributed by atoms with E-state index < -0.39 is 0 Å². The van der Waals surface area contributed by atoms with Gasteiger partial charge in [-0.1, -0.05) is 18.2 Å². The molecular weight excluding hydrogens is 306 g/mol. The maximum atomic E-state index is 12.1. The molecule has 8 nitrogen and oxygen atoms in total. The molecule has 4 N–H and O–H groups in total. The van der Waals surface area contributed by atoms with Crippen molar-refractivity contribution >= 4 is 23.8 Å². The van der Waals surface area contributed by atoms with Gasteiger partial charge in [-0.25, -0.2) is 0 Å². The van der Waals surface area contributed by atoms with Crippen LogP contribution in [0.4, 0.5) is 17.8 Å². The highest BCUT2D eigenvalue weighted by molar-refractivity contribution is 5.94. The molecule has 1 heterocycles. The molecule has 0 aliphatic rings. The van der Waals surface area contributed by atoms with Crippen molar-refractivity contribution in [2.24, 2.45) is 0 Å². The Morgan fingerprint density at radius 1 is 0.833 bits per heavy atom. The number of rotatable bonds is 7. The van der Waals surface area contributed by atoms with E-state index in [9.17, 15) is 4.79 Å². The van der Waals surface area contributed by atoms with Crippen LogP contribution in [0.5, 0.6) is 0 Å². The summed E-state index contributed by atoms with van der Waals surface area (Å²) in [5, 5.41) is 6.25. The summed E-state index contributed by atoms with van der Waals surface area (Å²) in [4.78, 5) is 24.9. The Balaban J connectivity index is 2.11. The highest BCUT2D eigenvalue weighted by Crippen LogP contribution is 2.10. The average Bonchev–Trinajstić information content (AvgIpc) is 2.52. The van der Waals surface area contributed by atoms with Crippen LogP contribution in [0, 0.1) is 0 Å². The van der Waals surface area contributed by atoms with Gasteiger partial charge >= 0.3 is 0 Å². The van der Waals surface area contributed by atoms with Gasteiger partial charge in [-0.2, -0.15) is 15.0 Å². The quantitative estimate of drug-likeness (QED) is 0.578. The second kappa shape index (κ2) is 8.09. The maximum absolute atomic E-state index is 12.1. The average molecular weight is 329 g/mol. The number of nitrogens with one attached hydrogen (secondary N) is 4. The van der Waals surface area contributed by atoms with E-state index in [2.05, 4.69) is 36.4 Å². The van der Waals surface area contributed by atoms with Crippen LogP contribution >= 0.6 is 0 Å². The van der Waals surface area contributed by atoms with Crippen LogP contribution < -0.4 is 21.5 Å². The molecule has 24 heavy (non-hydrogen) atoms. The molecule has 0 aliphatic heterocycles. The van der Waals surface area contributed by atoms with Crippen molar-refractivity contribution in [1.82, 2.24) is 20.4 Å². The van der Waals surface area contributed by atoms with Gasteiger partial charge in [0.05, 0.1) is 0 Å². The molecule has 0 unspecified atom stereocenters. The predicted molar refractivity (Wildman–Crippen MR) is 94.9 cm³/mol. The summed E-state index contributed by atoms with van der Waals surface area (Å²) in [6, 6.07) is 9.24. The summed E-state index contributed by atoms with van der Waals surface area (Å²) in [6.07, 6.45) is 0. The fourth-order valence-corrected chi connectivity index (χ4v) is 1.85. The molecule has 0 fully saturated rings. The molecule has 1 amide bonds. The number of hydrazine groups is 1. The van der Waals surface area contributed by atoms with Gasteiger partial charge in [0.25, 0.3) is 5.91 Å². The molecular formula is C16H23N7O. The van der Waals surface area contributed by atoms with Gasteiger partial charge in [-0.15, -0.1) is 0 Å². The summed E-state index contributed by atoms with van der Waals surface area (Å²) >= 11 is 0. The zero-order valence-corrected chi connectivity index (χ0v) is 14.3. The Morgan fingerprint density at radius 2 is 1.33 bits per heavy atom. The van der Waals surface area contributed by atoms with E-state index in [1.54, 1.807) is 24.3 Å². The van der Waals surface area contributed by atoms with E-state index in [1.807, 2.05) is 33.8 Å². The number of hydrogen-bond acceptors (Lipinski definition) is 7. The summed E-state index contributed by atoms with van der Waals surface area (Å²) in [6.45, 7) is 7.96. The van der Waals surface area contributed by atoms with E-state index in [-0.39, 0.29) is 23.9 Å². The lowest BCUT2D eigenvalue weighted by Gasteiger charge is -2.14. The molecule has 2 aromatic rings. The van der Waals surface area contributed by atoms with Crippen LogP contribution in [0.15, 0.2) is 30.3 Å². The molecule has 0 radical (unpaired) electrons. The summed E-state index contributed by atoms with van der Waals surface area (Å²) < 4.78 is 0. The third kappa shape index (κ3) is 5.38. The first-order valence-corrected chi connectivity index (χ1v) is 7.84. The number of hydrogen-bond donors (Lipinski definition) is 4. The minimum Gasteiger partial charge on any atom is -0.352 e. The van der Waals surface area contributed by atoms with Gasteiger partial charge in [0.15, 0.2) is 0 Å². The first-order valence-electron chi connectivity index (χ1n) is 7.84. The SMILES string of the molecule is CC(C)Nc1nc(NNC(=O)c2ccccc2)nc(NC(C)C)n1. The molecule has 0 saturated carbocycles. The molecule has 0 spiro atoms. The fourth-order valence-electron chi connectivity index (χ4n) is 1.85. The van der Waals surface area contributed by atoms with Gasteiger partial charge in [0.2, 0.25) is 17.8 Å². The highest BCUT2D eigenvalue weighted by atomic mass is 16.2. The third-order valence-corrected chi connectivity index (χ3v) is 2.79. The predicted octanol–water partition coefficient (Wildman–Crippen LogP) is 2.27. The Bertz CT molecular complexity index is 645. The van der Waals surface area contributed by atoms with Crippen LogP contribution in [0.3, 0.4) is 0 Å². The third-order valence-electron chi connectivity index (χ3n) is 2.79. The van der Waals surface area contributed by atoms with Crippen LogP contribution in [-0.4, -0.2) is 32.9 Å². The van der Waals surface area contributed by atoms with Crippen molar-refractivity contribution in [3.63, 3.8) is 0 Å². The van der Waals surface area contributed by atoms with Gasteiger partial charge in [-0.3, -0.25) is 15.6 Å². The molecule has 8 heteroatoms. The first-order chi connectivity index (χ1) is 11.4. The van der Waals surface area contributed by atoms with Crippen LogP contribution in [0.1, 0.15) is 38.1 Å². The molecule has 0 bridgehead atoms. The molecule has 1 aromatic carbocycles. The topological polar surface area (TPSA) is 104 Å². The summed E-state index contributed by atoms with van der Waals surface area (Å²) in [5.74, 6) is 0.840. The molecule has 0 atom stereocenters. The zero-order chi connectivity index (χ0) is 17.5. The van der Waals surface area contributed by atoms with Crippen molar-refractivity contribution in [1.29, 1.82) is 0 Å². The van der Waals surface area contributed by atoms with Gasteiger partial charge < -0.3 is 10.6 Å². The summed E-state index contributed by atoms with van der Waals surface area (Å²) in [7, 11) is 0. The van der Waals surface area contributed by atoms with E-state index in [0.717, 1.165) is 0 Å². The van der Waals surface area contributed by atoms with E-state index in [0.29, 0.717) is 17.5 Å². The Morgan fingerprint density at radius 3 is 1.83 bits per heavy atom. The van der Waals surface area contributed by atoms with E-state index in [4.69, 9.17) is 0 Å². The number of nitrogens with zero attached hydrogens (tertiary/aromatic N) is 3. The normalized spacial score (nSPS) is 10.6. The lowest BCUT2D eigenvalue weighted by atomic mass is 10.2. The van der Waals surface area contributed by atoms with E-state index >= 15 is 0 Å².